The van der Waals surface area contributed by atoms with Crippen LogP contribution < -0.4 is 5.73 Å². The molecule has 2 atom stereocenters. The summed E-state index contributed by atoms with van der Waals surface area (Å²) in [4.78, 5) is 11.3. The van der Waals surface area contributed by atoms with Crippen molar-refractivity contribution in [3.8, 4) is 0 Å². The Morgan fingerprint density at radius 1 is 1.60 bits per heavy atom. The molecule has 0 aliphatic carbocycles. The summed E-state index contributed by atoms with van der Waals surface area (Å²) in [7, 11) is -0.943. The van der Waals surface area contributed by atoms with Gasteiger partial charge in [-0.3, -0.25) is 4.79 Å². The van der Waals surface area contributed by atoms with Crippen molar-refractivity contribution in [2.75, 3.05) is 5.75 Å². The summed E-state index contributed by atoms with van der Waals surface area (Å²) in [5, 5.41) is 9.95. The highest BCUT2D eigenvalue weighted by Crippen LogP contribution is 2.12. The highest BCUT2D eigenvalue weighted by Gasteiger charge is 2.22. The molecule has 0 saturated carbocycles. The van der Waals surface area contributed by atoms with Crippen molar-refractivity contribution in [3.63, 3.8) is 0 Å². The van der Waals surface area contributed by atoms with Gasteiger partial charge in [0.05, 0.1) is 6.10 Å². The molecule has 0 aliphatic rings. The van der Waals surface area contributed by atoms with Gasteiger partial charge in [-0.15, -0.1) is 0 Å². The SMILES string of the molecule is C=[S-](=C)OC(=O)C(N)C(O)CSC(C)C. The zero-order valence-corrected chi connectivity index (χ0v) is 10.6. The third-order valence-electron chi connectivity index (χ3n) is 1.49. The van der Waals surface area contributed by atoms with Crippen LogP contribution in [0.4, 0.5) is 0 Å². The van der Waals surface area contributed by atoms with Crippen LogP contribution in [-0.2, 0) is 19.3 Å². The molecule has 6 heteroatoms. The van der Waals surface area contributed by atoms with Gasteiger partial charge in [-0.25, -0.2) is 0 Å². The summed E-state index contributed by atoms with van der Waals surface area (Å²) in [5.41, 5.74) is 5.51. The fourth-order valence-electron chi connectivity index (χ4n) is 0.723. The monoisotopic (exact) mass is 252 g/mol. The van der Waals surface area contributed by atoms with Crippen molar-refractivity contribution in [2.24, 2.45) is 5.73 Å². The van der Waals surface area contributed by atoms with Gasteiger partial charge < -0.3 is 25.4 Å². The second kappa shape index (κ2) is 7.16. The number of rotatable bonds is 6. The van der Waals surface area contributed by atoms with Crippen LogP contribution in [0.5, 0.6) is 0 Å². The van der Waals surface area contributed by atoms with Gasteiger partial charge >= 0.3 is 5.97 Å². The van der Waals surface area contributed by atoms with Crippen LogP contribution in [0, 0.1) is 0 Å². The van der Waals surface area contributed by atoms with Crippen molar-refractivity contribution in [3.05, 3.63) is 0 Å². The number of carbonyl (C=O) groups excluding carboxylic acids is 1. The van der Waals surface area contributed by atoms with E-state index in [2.05, 4.69) is 11.7 Å². The molecule has 0 rings (SSSR count). The minimum atomic E-state index is -1.02. The maximum atomic E-state index is 11.3. The molecule has 0 aromatic rings. The largest absolute Gasteiger partial charge is 0.570 e. The molecule has 0 spiro atoms. The number of carbonyl (C=O) groups is 1. The second-order valence-corrected chi connectivity index (χ2v) is 5.97. The third kappa shape index (κ3) is 6.83. The molecule has 90 valence electrons. The number of aliphatic hydroxyl groups is 1. The van der Waals surface area contributed by atoms with E-state index in [-0.39, 0.29) is 0 Å². The number of aliphatic hydroxyl groups excluding tert-OH is 1. The van der Waals surface area contributed by atoms with Crippen LogP contribution in [0.15, 0.2) is 0 Å². The Bertz CT molecular complexity index is 269. The van der Waals surface area contributed by atoms with Crippen LogP contribution >= 0.6 is 11.8 Å². The molecule has 0 amide bonds. The summed E-state index contributed by atoms with van der Waals surface area (Å²) in [6.07, 6.45) is -0.895. The zero-order chi connectivity index (χ0) is 12.0. The van der Waals surface area contributed by atoms with Gasteiger partial charge in [-0.2, -0.15) is 23.5 Å². The van der Waals surface area contributed by atoms with Crippen molar-refractivity contribution in [1.82, 2.24) is 0 Å². The molecule has 0 aliphatic heterocycles. The average molecular weight is 252 g/mol. The van der Waals surface area contributed by atoms with E-state index in [0.29, 0.717) is 11.0 Å². The summed E-state index contributed by atoms with van der Waals surface area (Å²) < 4.78 is 4.71. The van der Waals surface area contributed by atoms with Gasteiger partial charge in [0.1, 0.15) is 6.04 Å². The smallest absolute Gasteiger partial charge is 0.306 e. The lowest BCUT2D eigenvalue weighted by molar-refractivity contribution is -0.136. The molecule has 0 bridgehead atoms. The van der Waals surface area contributed by atoms with Crippen molar-refractivity contribution in [2.45, 2.75) is 31.2 Å². The Labute approximate surface area is 96.9 Å². The molecule has 0 aromatic carbocycles. The first kappa shape index (κ1) is 14.8. The van der Waals surface area contributed by atoms with Gasteiger partial charge in [0, 0.05) is 5.75 Å². The first-order valence-corrected chi connectivity index (χ1v) is 6.99. The minimum absolute atomic E-state index is 0.387. The number of nitrogens with two attached hydrogens (primary N) is 1. The Kier molecular flexibility index (Phi) is 7.08. The zero-order valence-electron chi connectivity index (χ0n) is 9.01. The first-order chi connectivity index (χ1) is 6.84. The van der Waals surface area contributed by atoms with E-state index in [1.165, 1.54) is 11.8 Å². The van der Waals surface area contributed by atoms with Gasteiger partial charge in [0.2, 0.25) is 0 Å². The summed E-state index contributed by atoms with van der Waals surface area (Å²) in [6, 6.07) is -1.02. The van der Waals surface area contributed by atoms with E-state index >= 15 is 0 Å². The molecule has 4 nitrogen and oxygen atoms in total. The highest BCUT2D eigenvalue weighted by atomic mass is 32.2. The van der Waals surface area contributed by atoms with E-state index in [1.54, 1.807) is 0 Å². The molecular formula is C9H18NO3S2-. The van der Waals surface area contributed by atoms with Crippen LogP contribution in [0.3, 0.4) is 0 Å². The van der Waals surface area contributed by atoms with E-state index in [9.17, 15) is 9.90 Å². The maximum absolute atomic E-state index is 11.3. The normalized spacial score (nSPS) is 15.3. The summed E-state index contributed by atoms with van der Waals surface area (Å²) in [5.74, 6) is 6.61. The molecule has 0 aromatic heterocycles. The highest BCUT2D eigenvalue weighted by molar-refractivity contribution is 7.99. The fourth-order valence-corrected chi connectivity index (χ4v) is 1.86. The van der Waals surface area contributed by atoms with Gasteiger partial charge in [0.15, 0.2) is 0 Å². The maximum Gasteiger partial charge on any atom is 0.306 e. The van der Waals surface area contributed by atoms with Gasteiger partial charge in [-0.05, 0) is 5.25 Å². The van der Waals surface area contributed by atoms with E-state index in [1.807, 2.05) is 13.8 Å². The molecule has 3 N–H and O–H groups in total. The fraction of sp³-hybridized carbons (Fsp3) is 0.667. The van der Waals surface area contributed by atoms with Crippen molar-refractivity contribution >= 4 is 39.8 Å². The standard InChI is InChI=1S/C9H18NO3S2/c1-6(2)14-5-7(11)8(10)9(12)13-15(3)4/h6-8,11H,3-5,10H2,1-2H3/q-1. The topological polar surface area (TPSA) is 72.5 Å². The average Bonchev–Trinajstić information content (AvgIpc) is 2.11. The third-order valence-corrected chi connectivity index (χ3v) is 3.09. The number of hydrogen-bond donors (Lipinski definition) is 2. The lowest BCUT2D eigenvalue weighted by atomic mass is 10.2. The van der Waals surface area contributed by atoms with Crippen LogP contribution in [-0.4, -0.2) is 46.0 Å². The van der Waals surface area contributed by atoms with Gasteiger partial charge in [0.25, 0.3) is 0 Å². The summed E-state index contributed by atoms with van der Waals surface area (Å²) in [6.45, 7) is 4.01. The molecular weight excluding hydrogens is 234 g/mol. The summed E-state index contributed by atoms with van der Waals surface area (Å²) >= 11 is 1.54. The molecule has 0 heterocycles. The predicted molar refractivity (Wildman–Crippen MR) is 69.3 cm³/mol. The lowest BCUT2D eigenvalue weighted by Gasteiger charge is -2.21. The van der Waals surface area contributed by atoms with Gasteiger partial charge in [-0.1, -0.05) is 13.8 Å². The second-order valence-electron chi connectivity index (χ2n) is 3.32. The Morgan fingerprint density at radius 2 is 2.13 bits per heavy atom. The van der Waals surface area contributed by atoms with Crippen LogP contribution in [0.1, 0.15) is 13.8 Å². The number of thioether (sulfide) groups is 1. The van der Waals surface area contributed by atoms with E-state index in [0.717, 1.165) is 0 Å². The Balaban J connectivity index is 4.07. The van der Waals surface area contributed by atoms with E-state index in [4.69, 9.17) is 9.92 Å². The molecule has 0 saturated heterocycles. The van der Waals surface area contributed by atoms with Crippen LogP contribution in [0.2, 0.25) is 0 Å². The molecule has 15 heavy (non-hydrogen) atoms. The molecule has 0 fully saturated rings. The Morgan fingerprint density at radius 3 is 2.53 bits per heavy atom. The van der Waals surface area contributed by atoms with E-state index < -0.39 is 28.5 Å². The van der Waals surface area contributed by atoms with Crippen molar-refractivity contribution < 1.29 is 14.1 Å². The molecule has 0 radical (unpaired) electrons. The Hall–Kier alpha value is -0.170. The van der Waals surface area contributed by atoms with Crippen molar-refractivity contribution in [1.29, 1.82) is 0 Å². The lowest BCUT2D eigenvalue weighted by Crippen LogP contribution is -2.44. The predicted octanol–water partition coefficient (Wildman–Crippen LogP) is -0.243. The quantitative estimate of drug-likeness (QED) is 0.504. The molecule has 2 unspecified atom stereocenters. The van der Waals surface area contributed by atoms with Crippen LogP contribution in [0.25, 0.3) is 0 Å². The minimum Gasteiger partial charge on any atom is -0.570 e. The number of hydrogen-bond acceptors (Lipinski definition) is 6. The first-order valence-electron chi connectivity index (χ1n) is 4.45.